The molecular weight excluding hydrogens is 127 g/mol. The number of hydrogen-bond donors (Lipinski definition) is 1. The van der Waals surface area contributed by atoms with Gasteiger partial charge in [-0.05, 0) is 15.8 Å². The Hall–Kier alpha value is 0.270. The first kappa shape index (κ1) is 8.27. The minimum atomic E-state index is 0.123. The summed E-state index contributed by atoms with van der Waals surface area (Å²) < 4.78 is 0. The molecule has 0 saturated heterocycles. The lowest BCUT2D eigenvalue weighted by Crippen LogP contribution is -2.12. The van der Waals surface area contributed by atoms with E-state index in [-0.39, 0.29) is 8.73 Å². The normalized spacial score (nSPS) is 12.8. The van der Waals surface area contributed by atoms with E-state index in [4.69, 9.17) is 5.21 Å². The monoisotopic (exact) mass is 137 g/mol. The smallest absolute Gasteiger partial charge is 0.0533 e. The van der Waals surface area contributed by atoms with Crippen molar-refractivity contribution in [3.05, 3.63) is 5.21 Å². The van der Waals surface area contributed by atoms with Crippen LogP contribution in [0.5, 0.6) is 0 Å². The molecule has 0 aliphatic carbocycles. The molecule has 0 aliphatic rings. The second kappa shape index (κ2) is 4.18. The second-order valence-electron chi connectivity index (χ2n) is 1.47. The highest BCUT2D eigenvalue weighted by Crippen LogP contribution is 2.12. The predicted octanol–water partition coefficient (Wildman–Crippen LogP) is 0.288. The van der Waals surface area contributed by atoms with Gasteiger partial charge in [-0.3, -0.25) is 0 Å². The van der Waals surface area contributed by atoms with Crippen LogP contribution in [-0.4, -0.2) is 35.5 Å². The van der Waals surface area contributed by atoms with Crippen LogP contribution in [0.2, 0.25) is 0 Å². The highest BCUT2D eigenvalue weighted by Gasteiger charge is 1.87. The van der Waals surface area contributed by atoms with E-state index in [2.05, 4.69) is 0 Å². The highest BCUT2D eigenvalue weighted by atomic mass is 31.1. The molecule has 50 valence electrons. The van der Waals surface area contributed by atoms with Gasteiger partial charge in [-0.15, -0.1) is 0 Å². The van der Waals surface area contributed by atoms with Crippen molar-refractivity contribution in [2.24, 2.45) is 0 Å². The lowest BCUT2D eigenvalue weighted by molar-refractivity contribution is -0.0457. The fourth-order valence-corrected chi connectivity index (χ4v) is 0.606. The Balaban J connectivity index is 2.93. The topological polar surface area (TPSA) is 49.8 Å². The van der Waals surface area contributed by atoms with Gasteiger partial charge in [0.05, 0.1) is 6.29 Å². The molecule has 0 saturated carbocycles. The number of nitrogens with zero attached hydrogens (tertiary/aromatic N) is 2. The molecule has 1 atom stereocenters. The van der Waals surface area contributed by atoms with Crippen LogP contribution in [0.15, 0.2) is 0 Å². The number of hydrogen-bond acceptors (Lipinski definition) is 4. The summed E-state index contributed by atoms with van der Waals surface area (Å²) in [5.74, 6) is 0. The summed E-state index contributed by atoms with van der Waals surface area (Å²) in [5, 5.41) is 19.6. The van der Waals surface area contributed by atoms with Crippen LogP contribution in [0, 0.1) is 5.21 Å². The minimum absolute atomic E-state index is 0.123. The van der Waals surface area contributed by atoms with Crippen molar-refractivity contribution in [2.75, 3.05) is 20.4 Å². The van der Waals surface area contributed by atoms with Crippen molar-refractivity contribution in [1.29, 1.82) is 0 Å². The van der Waals surface area contributed by atoms with Crippen molar-refractivity contribution in [3.8, 4) is 0 Å². The summed E-state index contributed by atoms with van der Waals surface area (Å²) in [7, 11) is 3.07. The van der Waals surface area contributed by atoms with E-state index < -0.39 is 0 Å². The first-order valence-corrected chi connectivity index (χ1v) is 3.32. The molecular formula is C3H10N2O2P-. The van der Waals surface area contributed by atoms with Gasteiger partial charge in [-0.1, -0.05) is 0 Å². The third-order valence-corrected chi connectivity index (χ3v) is 1.57. The Bertz CT molecular complexity index is 51.2. The molecule has 0 spiro atoms. The molecule has 0 aromatic rings. The second-order valence-corrected chi connectivity index (χ2v) is 2.73. The summed E-state index contributed by atoms with van der Waals surface area (Å²) in [5.41, 5.74) is 0. The summed E-state index contributed by atoms with van der Waals surface area (Å²) in [6, 6.07) is 0. The molecule has 1 N–H and O–H groups in total. The van der Waals surface area contributed by atoms with E-state index in [1.165, 1.54) is 14.1 Å². The van der Waals surface area contributed by atoms with Crippen LogP contribution in [0.25, 0.3) is 0 Å². The summed E-state index contributed by atoms with van der Waals surface area (Å²) >= 11 is 0. The lowest BCUT2D eigenvalue weighted by Gasteiger charge is -2.22. The van der Waals surface area contributed by atoms with Gasteiger partial charge in [0.15, 0.2) is 0 Å². The highest BCUT2D eigenvalue weighted by molar-refractivity contribution is 7.35. The molecule has 0 bridgehead atoms. The quantitative estimate of drug-likeness (QED) is 0.448. The SMILES string of the molecule is CN(O)CPN(C)[O-]. The maximum atomic E-state index is 10.1. The van der Waals surface area contributed by atoms with E-state index in [1.54, 1.807) is 0 Å². The molecule has 0 rings (SSSR count). The Morgan fingerprint density at radius 1 is 1.62 bits per heavy atom. The van der Waals surface area contributed by atoms with Crippen molar-refractivity contribution in [3.63, 3.8) is 0 Å². The molecule has 0 amide bonds. The molecule has 0 fully saturated rings. The van der Waals surface area contributed by atoms with Crippen molar-refractivity contribution in [2.45, 2.75) is 0 Å². The molecule has 5 heteroatoms. The average molecular weight is 137 g/mol. The van der Waals surface area contributed by atoms with Crippen LogP contribution in [0.1, 0.15) is 0 Å². The minimum Gasteiger partial charge on any atom is -0.782 e. The Labute approximate surface area is 50.5 Å². The van der Waals surface area contributed by atoms with Crippen LogP contribution < -0.4 is 0 Å². The van der Waals surface area contributed by atoms with Gasteiger partial charge in [-0.25, -0.2) is 0 Å². The summed E-state index contributed by atoms with van der Waals surface area (Å²) in [4.78, 5) is 0.798. The third-order valence-electron chi connectivity index (χ3n) is 0.522. The molecule has 0 aromatic carbocycles. The number of hydroxylamine groups is 3. The Morgan fingerprint density at radius 3 is 2.25 bits per heavy atom. The van der Waals surface area contributed by atoms with Gasteiger partial charge in [-0.2, -0.15) is 5.06 Å². The van der Waals surface area contributed by atoms with Gasteiger partial charge >= 0.3 is 0 Å². The molecule has 1 unspecified atom stereocenters. The maximum absolute atomic E-state index is 10.1. The van der Waals surface area contributed by atoms with E-state index in [0.717, 1.165) is 9.90 Å². The van der Waals surface area contributed by atoms with Crippen LogP contribution in [0.4, 0.5) is 0 Å². The molecule has 0 radical (unpaired) electrons. The summed E-state index contributed by atoms with van der Waals surface area (Å²) in [6.45, 7) is 0. The fourth-order valence-electron chi connectivity index (χ4n) is 0.202. The van der Waals surface area contributed by atoms with Gasteiger partial charge in [0.2, 0.25) is 0 Å². The van der Waals surface area contributed by atoms with Crippen molar-refractivity contribution >= 4 is 8.73 Å². The molecule has 0 aliphatic heterocycles. The zero-order valence-electron chi connectivity index (χ0n) is 4.96. The van der Waals surface area contributed by atoms with Gasteiger partial charge in [0, 0.05) is 7.05 Å². The van der Waals surface area contributed by atoms with Crippen LogP contribution in [-0.2, 0) is 0 Å². The predicted molar refractivity (Wildman–Crippen MR) is 33.9 cm³/mol. The maximum Gasteiger partial charge on any atom is 0.0533 e. The van der Waals surface area contributed by atoms with Gasteiger partial charge in [0.1, 0.15) is 0 Å². The fraction of sp³-hybridized carbons (Fsp3) is 1.00. The zero-order chi connectivity index (χ0) is 6.57. The molecule has 0 heterocycles. The van der Waals surface area contributed by atoms with E-state index in [0.29, 0.717) is 6.29 Å². The average Bonchev–Trinajstić information content (AvgIpc) is 1.61. The first-order valence-electron chi connectivity index (χ1n) is 2.17. The number of rotatable bonds is 3. The van der Waals surface area contributed by atoms with Crippen LogP contribution in [0.3, 0.4) is 0 Å². The van der Waals surface area contributed by atoms with E-state index in [9.17, 15) is 5.21 Å². The third kappa shape index (κ3) is 6.27. The van der Waals surface area contributed by atoms with Crippen LogP contribution >= 0.6 is 8.73 Å². The van der Waals surface area contributed by atoms with E-state index in [1.807, 2.05) is 0 Å². The lowest BCUT2D eigenvalue weighted by atomic mass is 11.2. The first-order chi connectivity index (χ1) is 3.63. The molecule has 0 aromatic heterocycles. The Kier molecular flexibility index (Phi) is 4.32. The molecule has 4 nitrogen and oxygen atoms in total. The van der Waals surface area contributed by atoms with Gasteiger partial charge < -0.3 is 15.2 Å². The summed E-state index contributed by atoms with van der Waals surface area (Å²) in [6.07, 6.45) is 0.417. The van der Waals surface area contributed by atoms with Crippen molar-refractivity contribution in [1.82, 2.24) is 9.90 Å². The molecule has 8 heavy (non-hydrogen) atoms. The largest absolute Gasteiger partial charge is 0.782 e. The van der Waals surface area contributed by atoms with E-state index >= 15 is 0 Å². The zero-order valence-corrected chi connectivity index (χ0v) is 5.96. The Morgan fingerprint density at radius 2 is 2.12 bits per heavy atom. The standard InChI is InChI=1S/C3H10N2O2P/c1-4(6)3-8-5(2)7/h6,8H,3H2,1-2H3/q-1. The van der Waals surface area contributed by atoms with Gasteiger partial charge in [0.25, 0.3) is 0 Å². The van der Waals surface area contributed by atoms with Crippen molar-refractivity contribution < 1.29 is 5.21 Å².